The first-order valence-electron chi connectivity index (χ1n) is 5.39. The van der Waals surface area contributed by atoms with Gasteiger partial charge in [-0.3, -0.25) is 0 Å². The van der Waals surface area contributed by atoms with Gasteiger partial charge in [0.05, 0.1) is 11.6 Å². The Hall–Kier alpha value is -1.78. The van der Waals surface area contributed by atoms with Crippen molar-refractivity contribution in [1.82, 2.24) is 0 Å². The first kappa shape index (κ1) is 11.7. The van der Waals surface area contributed by atoms with Crippen LogP contribution in [0, 0.1) is 25.2 Å². The topological polar surface area (TPSA) is 23.8 Å². The lowest BCUT2D eigenvalue weighted by Gasteiger charge is -2.10. The van der Waals surface area contributed by atoms with Gasteiger partial charge in [-0.1, -0.05) is 35.9 Å². The van der Waals surface area contributed by atoms with Crippen LogP contribution in [0.2, 0.25) is 5.02 Å². The largest absolute Gasteiger partial charge is 0.192 e. The molecule has 84 valence electrons. The molecule has 0 aliphatic carbocycles. The summed E-state index contributed by atoms with van der Waals surface area (Å²) in [6, 6.07) is 13.6. The molecule has 1 nitrogen and oxygen atoms in total. The molecule has 2 heteroatoms. The average molecular weight is 242 g/mol. The lowest BCUT2D eigenvalue weighted by atomic mass is 9.96. The van der Waals surface area contributed by atoms with Crippen molar-refractivity contribution >= 4 is 11.6 Å². The molecule has 0 aromatic heterocycles. The predicted molar refractivity (Wildman–Crippen MR) is 71.1 cm³/mol. The van der Waals surface area contributed by atoms with Crippen molar-refractivity contribution in [2.24, 2.45) is 0 Å². The Morgan fingerprint density at radius 3 is 2.47 bits per heavy atom. The molecule has 0 heterocycles. The van der Waals surface area contributed by atoms with Gasteiger partial charge in [-0.2, -0.15) is 5.26 Å². The molecule has 0 saturated carbocycles. The first-order chi connectivity index (χ1) is 8.13. The maximum atomic E-state index is 8.81. The fourth-order valence-electron chi connectivity index (χ4n) is 1.85. The number of rotatable bonds is 1. The van der Waals surface area contributed by atoms with Gasteiger partial charge in [0, 0.05) is 10.6 Å². The monoisotopic (exact) mass is 241 g/mol. The van der Waals surface area contributed by atoms with Crippen LogP contribution in [0.1, 0.15) is 16.7 Å². The van der Waals surface area contributed by atoms with E-state index in [1.807, 2.05) is 12.1 Å². The van der Waals surface area contributed by atoms with Gasteiger partial charge in [-0.15, -0.1) is 0 Å². The molecule has 0 spiro atoms. The minimum atomic E-state index is 0.587. The van der Waals surface area contributed by atoms with E-state index in [0.29, 0.717) is 10.6 Å². The third-order valence-electron chi connectivity index (χ3n) is 2.99. The summed E-state index contributed by atoms with van der Waals surface area (Å²) in [5.41, 5.74) is 5.15. The second kappa shape index (κ2) is 4.61. The summed E-state index contributed by atoms with van der Waals surface area (Å²) in [5.74, 6) is 0. The number of nitriles is 1. The fraction of sp³-hybridized carbons (Fsp3) is 0.133. The van der Waals surface area contributed by atoms with Gasteiger partial charge in [0.1, 0.15) is 0 Å². The van der Waals surface area contributed by atoms with Crippen LogP contribution in [0.5, 0.6) is 0 Å². The Morgan fingerprint density at radius 2 is 1.82 bits per heavy atom. The Labute approximate surface area is 106 Å². The molecular formula is C15H12ClN. The van der Waals surface area contributed by atoms with E-state index >= 15 is 0 Å². The predicted octanol–water partition coefficient (Wildman–Crippen LogP) is 4.50. The van der Waals surface area contributed by atoms with Crippen LogP contribution in [0.3, 0.4) is 0 Å². The molecule has 0 N–H and O–H groups in total. The van der Waals surface area contributed by atoms with Crippen molar-refractivity contribution in [3.05, 3.63) is 58.1 Å². The van der Waals surface area contributed by atoms with E-state index in [-0.39, 0.29) is 0 Å². The van der Waals surface area contributed by atoms with E-state index in [0.717, 1.165) is 11.1 Å². The number of hydrogen-bond acceptors (Lipinski definition) is 1. The maximum absolute atomic E-state index is 8.81. The molecule has 17 heavy (non-hydrogen) atoms. The third-order valence-corrected chi connectivity index (χ3v) is 3.31. The van der Waals surface area contributed by atoms with Crippen LogP contribution in [0.15, 0.2) is 36.4 Å². The zero-order chi connectivity index (χ0) is 12.4. The molecule has 0 atom stereocenters. The summed E-state index contributed by atoms with van der Waals surface area (Å²) < 4.78 is 0. The molecule has 0 aliphatic rings. The Kier molecular flexibility index (Phi) is 3.17. The molecule has 0 fully saturated rings. The molecule has 0 amide bonds. The van der Waals surface area contributed by atoms with Gasteiger partial charge in [-0.25, -0.2) is 0 Å². The molecule has 0 bridgehead atoms. The van der Waals surface area contributed by atoms with Crippen LogP contribution in [0.25, 0.3) is 11.1 Å². The molecule has 0 unspecified atom stereocenters. The highest BCUT2D eigenvalue weighted by Crippen LogP contribution is 2.31. The molecule has 0 saturated heterocycles. The molecule has 2 aromatic carbocycles. The van der Waals surface area contributed by atoms with Crippen molar-refractivity contribution in [1.29, 1.82) is 5.26 Å². The van der Waals surface area contributed by atoms with Crippen LogP contribution < -0.4 is 0 Å². The van der Waals surface area contributed by atoms with Crippen molar-refractivity contribution in [3.8, 4) is 17.2 Å². The normalized spacial score (nSPS) is 10.0. The highest BCUT2D eigenvalue weighted by atomic mass is 35.5. The zero-order valence-corrected chi connectivity index (χ0v) is 10.5. The minimum absolute atomic E-state index is 0.587. The molecule has 0 radical (unpaired) electrons. The maximum Gasteiger partial charge on any atom is 0.0992 e. The van der Waals surface area contributed by atoms with Gasteiger partial charge in [0.2, 0.25) is 0 Å². The van der Waals surface area contributed by atoms with Gasteiger partial charge < -0.3 is 0 Å². The summed E-state index contributed by atoms with van der Waals surface area (Å²) in [5, 5.41) is 9.44. The van der Waals surface area contributed by atoms with Crippen molar-refractivity contribution in [2.45, 2.75) is 13.8 Å². The first-order valence-corrected chi connectivity index (χ1v) is 5.77. The number of benzene rings is 2. The third kappa shape index (κ3) is 2.18. The Balaban J connectivity index is 2.62. The highest BCUT2D eigenvalue weighted by Gasteiger charge is 2.08. The standard InChI is InChI=1S/C15H12ClN/c1-10-4-3-5-13(11(10)2)14-7-6-12(9-17)8-15(14)16/h3-8H,1-2H3. The Bertz CT molecular complexity index is 609. The van der Waals surface area contributed by atoms with Gasteiger partial charge in [-0.05, 0) is 42.7 Å². The van der Waals surface area contributed by atoms with Gasteiger partial charge in [0.25, 0.3) is 0 Å². The van der Waals surface area contributed by atoms with E-state index in [1.54, 1.807) is 12.1 Å². The van der Waals surface area contributed by atoms with Gasteiger partial charge in [0.15, 0.2) is 0 Å². The minimum Gasteiger partial charge on any atom is -0.192 e. The summed E-state index contributed by atoms with van der Waals surface area (Å²) in [6.45, 7) is 4.16. The van der Waals surface area contributed by atoms with Crippen LogP contribution in [-0.4, -0.2) is 0 Å². The summed E-state index contributed by atoms with van der Waals surface area (Å²) in [6.07, 6.45) is 0. The van der Waals surface area contributed by atoms with Gasteiger partial charge >= 0.3 is 0 Å². The average Bonchev–Trinajstić information content (AvgIpc) is 2.33. The lowest BCUT2D eigenvalue weighted by Crippen LogP contribution is -1.88. The van der Waals surface area contributed by atoms with Crippen molar-refractivity contribution in [2.75, 3.05) is 0 Å². The molecular weight excluding hydrogens is 230 g/mol. The Morgan fingerprint density at radius 1 is 1.06 bits per heavy atom. The molecule has 0 aliphatic heterocycles. The van der Waals surface area contributed by atoms with Crippen molar-refractivity contribution < 1.29 is 0 Å². The quantitative estimate of drug-likeness (QED) is 0.721. The second-order valence-corrected chi connectivity index (χ2v) is 4.46. The van der Waals surface area contributed by atoms with Crippen LogP contribution in [0.4, 0.5) is 0 Å². The number of hydrogen-bond donors (Lipinski definition) is 0. The number of halogens is 1. The van der Waals surface area contributed by atoms with E-state index < -0.39 is 0 Å². The van der Waals surface area contributed by atoms with Crippen LogP contribution in [-0.2, 0) is 0 Å². The van der Waals surface area contributed by atoms with Crippen molar-refractivity contribution in [3.63, 3.8) is 0 Å². The van der Waals surface area contributed by atoms with E-state index in [4.69, 9.17) is 16.9 Å². The number of aryl methyl sites for hydroxylation is 1. The highest BCUT2D eigenvalue weighted by molar-refractivity contribution is 6.33. The SMILES string of the molecule is Cc1cccc(-c2ccc(C#N)cc2Cl)c1C. The van der Waals surface area contributed by atoms with E-state index in [1.165, 1.54) is 11.1 Å². The summed E-state index contributed by atoms with van der Waals surface area (Å²) >= 11 is 6.22. The summed E-state index contributed by atoms with van der Waals surface area (Å²) in [4.78, 5) is 0. The number of nitrogens with zero attached hydrogens (tertiary/aromatic N) is 1. The van der Waals surface area contributed by atoms with E-state index in [9.17, 15) is 0 Å². The second-order valence-electron chi connectivity index (χ2n) is 4.05. The molecule has 2 aromatic rings. The smallest absolute Gasteiger partial charge is 0.0992 e. The summed E-state index contributed by atoms with van der Waals surface area (Å²) in [7, 11) is 0. The fourth-order valence-corrected chi connectivity index (χ4v) is 2.13. The zero-order valence-electron chi connectivity index (χ0n) is 9.79. The van der Waals surface area contributed by atoms with Crippen LogP contribution >= 0.6 is 11.6 Å². The van der Waals surface area contributed by atoms with E-state index in [2.05, 4.69) is 32.0 Å². The molecule has 2 rings (SSSR count). The lowest BCUT2D eigenvalue weighted by molar-refractivity contribution is 1.34.